The van der Waals surface area contributed by atoms with Gasteiger partial charge >= 0.3 is 0 Å². The molecule has 5 heteroatoms. The van der Waals surface area contributed by atoms with Crippen LogP contribution in [0.15, 0.2) is 0 Å². The first-order chi connectivity index (χ1) is 6.83. The summed E-state index contributed by atoms with van der Waals surface area (Å²) in [7, 11) is 4.94. The van der Waals surface area contributed by atoms with E-state index in [1.54, 1.807) is 21.3 Å². The quantitative estimate of drug-likeness (QED) is 0.739. The summed E-state index contributed by atoms with van der Waals surface area (Å²) in [5.41, 5.74) is 2.85. The normalized spacial score (nSPS) is 10.8. The Labute approximate surface area is 83.4 Å². The lowest BCUT2D eigenvalue weighted by Gasteiger charge is -2.03. The molecule has 0 saturated heterocycles. The number of rotatable bonds is 6. The van der Waals surface area contributed by atoms with Crippen molar-refractivity contribution in [1.82, 2.24) is 10.2 Å². The topological polar surface area (TPSA) is 56.4 Å². The van der Waals surface area contributed by atoms with Gasteiger partial charge in [0, 0.05) is 26.9 Å². The second kappa shape index (κ2) is 5.74. The lowest BCUT2D eigenvalue weighted by molar-refractivity contribution is 0.159. The molecule has 0 aliphatic heterocycles. The highest BCUT2D eigenvalue weighted by molar-refractivity contribution is 5.23. The Balaban J connectivity index is 2.82. The number of aromatic amines is 1. The summed E-state index contributed by atoms with van der Waals surface area (Å²) in [5, 5.41) is 7.04. The largest absolute Gasteiger partial charge is 0.380 e. The minimum atomic E-state index is 0.485. The second-order valence-electron chi connectivity index (χ2n) is 2.93. The van der Waals surface area contributed by atoms with E-state index in [2.05, 4.69) is 10.2 Å². The molecule has 0 radical (unpaired) electrons. The van der Waals surface area contributed by atoms with Gasteiger partial charge < -0.3 is 14.2 Å². The molecule has 0 amide bonds. The molecular formula is C9H16N2O3. The van der Waals surface area contributed by atoms with Crippen LogP contribution in [0.4, 0.5) is 0 Å². The number of nitrogens with one attached hydrogen (secondary N) is 1. The van der Waals surface area contributed by atoms with Crippen LogP contribution >= 0.6 is 0 Å². The zero-order chi connectivity index (χ0) is 10.4. The van der Waals surface area contributed by atoms with Crippen molar-refractivity contribution in [2.45, 2.75) is 19.8 Å². The molecule has 1 heterocycles. The summed E-state index contributed by atoms with van der Waals surface area (Å²) in [4.78, 5) is 0. The van der Waals surface area contributed by atoms with Crippen LogP contribution in [0.3, 0.4) is 0 Å². The molecule has 0 aliphatic carbocycles. The molecule has 0 bridgehead atoms. The highest BCUT2D eigenvalue weighted by atomic mass is 16.5. The smallest absolute Gasteiger partial charge is 0.0938 e. The molecule has 14 heavy (non-hydrogen) atoms. The van der Waals surface area contributed by atoms with E-state index in [1.165, 1.54) is 0 Å². The van der Waals surface area contributed by atoms with Crippen molar-refractivity contribution in [1.29, 1.82) is 0 Å². The number of hydrogen-bond acceptors (Lipinski definition) is 4. The molecule has 0 aromatic carbocycles. The van der Waals surface area contributed by atoms with Crippen LogP contribution < -0.4 is 0 Å². The van der Waals surface area contributed by atoms with E-state index < -0.39 is 0 Å². The van der Waals surface area contributed by atoms with Crippen LogP contribution in [0.1, 0.15) is 17.0 Å². The van der Waals surface area contributed by atoms with Gasteiger partial charge in [0.05, 0.1) is 31.2 Å². The number of ether oxygens (including phenoxy) is 3. The molecule has 0 saturated carbocycles. The van der Waals surface area contributed by atoms with Gasteiger partial charge in [-0.05, 0) is 0 Å². The van der Waals surface area contributed by atoms with E-state index in [0.717, 1.165) is 17.0 Å². The van der Waals surface area contributed by atoms with Crippen molar-refractivity contribution in [3.8, 4) is 0 Å². The molecule has 1 rings (SSSR count). The van der Waals surface area contributed by atoms with Gasteiger partial charge in [-0.2, -0.15) is 5.10 Å². The van der Waals surface area contributed by atoms with Crippen LogP contribution in [-0.2, 0) is 34.0 Å². The van der Waals surface area contributed by atoms with Crippen molar-refractivity contribution in [3.05, 3.63) is 17.0 Å². The van der Waals surface area contributed by atoms with E-state index in [4.69, 9.17) is 14.2 Å². The number of methoxy groups -OCH3 is 3. The van der Waals surface area contributed by atoms with Crippen LogP contribution in [0.2, 0.25) is 0 Å². The fourth-order valence-electron chi connectivity index (χ4n) is 1.28. The van der Waals surface area contributed by atoms with E-state index in [-0.39, 0.29) is 0 Å². The molecule has 0 aliphatic rings. The highest BCUT2D eigenvalue weighted by Gasteiger charge is 2.12. The summed E-state index contributed by atoms with van der Waals surface area (Å²) in [6.07, 6.45) is 0. The molecule has 1 N–H and O–H groups in total. The maximum Gasteiger partial charge on any atom is 0.0938 e. The number of hydrogen-bond donors (Lipinski definition) is 1. The van der Waals surface area contributed by atoms with Crippen molar-refractivity contribution in [3.63, 3.8) is 0 Å². The maximum atomic E-state index is 5.09. The van der Waals surface area contributed by atoms with E-state index in [0.29, 0.717) is 19.8 Å². The SMILES string of the molecule is COCc1n[nH]c(COC)c1COC. The maximum absolute atomic E-state index is 5.09. The Bertz CT molecular complexity index is 250. The number of nitrogens with zero attached hydrogens (tertiary/aromatic N) is 1. The molecular weight excluding hydrogens is 184 g/mol. The first-order valence-electron chi connectivity index (χ1n) is 4.35. The van der Waals surface area contributed by atoms with Crippen molar-refractivity contribution >= 4 is 0 Å². The second-order valence-corrected chi connectivity index (χ2v) is 2.93. The van der Waals surface area contributed by atoms with Gasteiger partial charge in [-0.3, -0.25) is 5.10 Å². The zero-order valence-corrected chi connectivity index (χ0v) is 8.79. The van der Waals surface area contributed by atoms with Gasteiger partial charge in [-0.25, -0.2) is 0 Å². The zero-order valence-electron chi connectivity index (χ0n) is 8.79. The Kier molecular flexibility index (Phi) is 4.58. The van der Waals surface area contributed by atoms with Gasteiger partial charge in [-0.15, -0.1) is 0 Å². The average Bonchev–Trinajstić information content (AvgIpc) is 2.52. The van der Waals surface area contributed by atoms with Crippen LogP contribution in [0.5, 0.6) is 0 Å². The van der Waals surface area contributed by atoms with Gasteiger partial charge in [0.25, 0.3) is 0 Å². The van der Waals surface area contributed by atoms with Crippen LogP contribution in [0.25, 0.3) is 0 Å². The predicted molar refractivity (Wildman–Crippen MR) is 50.7 cm³/mol. The number of H-pyrrole nitrogens is 1. The lowest BCUT2D eigenvalue weighted by Crippen LogP contribution is -1.99. The molecule has 0 unspecified atom stereocenters. The van der Waals surface area contributed by atoms with Crippen molar-refractivity contribution in [2.24, 2.45) is 0 Å². The third kappa shape index (κ3) is 2.54. The minimum Gasteiger partial charge on any atom is -0.380 e. The molecule has 1 aromatic heterocycles. The molecule has 5 nitrogen and oxygen atoms in total. The molecule has 0 fully saturated rings. The van der Waals surface area contributed by atoms with Crippen molar-refractivity contribution in [2.75, 3.05) is 21.3 Å². The Morgan fingerprint density at radius 3 is 2.21 bits per heavy atom. The monoisotopic (exact) mass is 200 g/mol. The Morgan fingerprint density at radius 1 is 1.00 bits per heavy atom. The third-order valence-electron chi connectivity index (χ3n) is 1.90. The van der Waals surface area contributed by atoms with Gasteiger partial charge in [0.15, 0.2) is 0 Å². The van der Waals surface area contributed by atoms with Gasteiger partial charge in [0.2, 0.25) is 0 Å². The summed E-state index contributed by atoms with van der Waals surface area (Å²) in [6, 6.07) is 0. The molecule has 1 aromatic rings. The predicted octanol–water partition coefficient (Wildman–Crippen LogP) is 0.849. The summed E-state index contributed by atoms with van der Waals surface area (Å²) in [5.74, 6) is 0. The first kappa shape index (κ1) is 11.2. The summed E-state index contributed by atoms with van der Waals surface area (Å²) < 4.78 is 15.2. The molecule has 80 valence electrons. The highest BCUT2D eigenvalue weighted by Crippen LogP contribution is 2.14. The van der Waals surface area contributed by atoms with Crippen LogP contribution in [-0.4, -0.2) is 31.5 Å². The Hall–Kier alpha value is -0.910. The fourth-order valence-corrected chi connectivity index (χ4v) is 1.28. The van der Waals surface area contributed by atoms with E-state index in [1.807, 2.05) is 0 Å². The molecule has 0 spiro atoms. The average molecular weight is 200 g/mol. The van der Waals surface area contributed by atoms with Crippen LogP contribution in [0, 0.1) is 0 Å². The summed E-state index contributed by atoms with van der Waals surface area (Å²) in [6.45, 7) is 1.52. The minimum absolute atomic E-state index is 0.485. The third-order valence-corrected chi connectivity index (χ3v) is 1.90. The number of aromatic nitrogens is 2. The Morgan fingerprint density at radius 2 is 1.64 bits per heavy atom. The van der Waals surface area contributed by atoms with Gasteiger partial charge in [0.1, 0.15) is 0 Å². The fraction of sp³-hybridized carbons (Fsp3) is 0.667. The van der Waals surface area contributed by atoms with Gasteiger partial charge in [-0.1, -0.05) is 0 Å². The van der Waals surface area contributed by atoms with E-state index >= 15 is 0 Å². The lowest BCUT2D eigenvalue weighted by atomic mass is 10.2. The van der Waals surface area contributed by atoms with Crippen molar-refractivity contribution < 1.29 is 14.2 Å². The summed E-state index contributed by atoms with van der Waals surface area (Å²) >= 11 is 0. The van der Waals surface area contributed by atoms with E-state index in [9.17, 15) is 0 Å². The molecule has 0 atom stereocenters. The standard InChI is InChI=1S/C9H16N2O3/c1-12-4-7-8(5-13-2)10-11-9(7)6-14-3/h4-6H2,1-3H3,(H,10,11). The first-order valence-corrected chi connectivity index (χ1v) is 4.35.